The van der Waals surface area contributed by atoms with Crippen LogP contribution in [0.5, 0.6) is 0 Å². The van der Waals surface area contributed by atoms with Crippen molar-refractivity contribution in [2.75, 3.05) is 5.73 Å². The van der Waals surface area contributed by atoms with Gasteiger partial charge >= 0.3 is 0 Å². The second-order valence-electron chi connectivity index (χ2n) is 6.46. The summed E-state index contributed by atoms with van der Waals surface area (Å²) in [5, 5.41) is 17.2. The summed E-state index contributed by atoms with van der Waals surface area (Å²) in [4.78, 5) is 0. The summed E-state index contributed by atoms with van der Waals surface area (Å²) in [7, 11) is 0. The maximum absolute atomic E-state index is 10.1. The monoisotopic (exact) mass is 305 g/mol. The van der Waals surface area contributed by atoms with Crippen LogP contribution >= 0.6 is 0 Å². The number of allylic oxidation sites excluding steroid dienone is 3. The van der Waals surface area contributed by atoms with Gasteiger partial charge in [0, 0.05) is 23.6 Å². The van der Waals surface area contributed by atoms with Crippen LogP contribution in [0, 0.1) is 5.92 Å². The highest BCUT2D eigenvalue weighted by atomic mass is 16.5. The van der Waals surface area contributed by atoms with Crippen molar-refractivity contribution in [2.24, 2.45) is 5.92 Å². The fourth-order valence-electron chi connectivity index (χ4n) is 3.13. The zero-order chi connectivity index (χ0) is 16.3. The van der Waals surface area contributed by atoms with Crippen LogP contribution in [0.1, 0.15) is 58.6 Å². The van der Waals surface area contributed by atoms with Crippen molar-refractivity contribution < 1.29 is 9.84 Å². The Hall–Kier alpha value is -1.75. The van der Waals surface area contributed by atoms with Crippen LogP contribution in [0.2, 0.25) is 0 Å². The molecule has 0 radical (unpaired) electrons. The third-order valence-electron chi connectivity index (χ3n) is 4.27. The van der Waals surface area contributed by atoms with Gasteiger partial charge in [-0.1, -0.05) is 0 Å². The molecule has 1 aromatic rings. The fourth-order valence-corrected chi connectivity index (χ4v) is 3.13. The Bertz CT molecular complexity index is 567. The van der Waals surface area contributed by atoms with Crippen LogP contribution in [0.15, 0.2) is 29.7 Å². The minimum atomic E-state index is -0.973. The summed E-state index contributed by atoms with van der Waals surface area (Å²) < 4.78 is 6.01. The van der Waals surface area contributed by atoms with E-state index in [0.717, 1.165) is 30.7 Å². The molecule has 4 N–H and O–H groups in total. The zero-order valence-corrected chi connectivity index (χ0v) is 13.9. The molecule has 5 nitrogen and oxygen atoms in total. The maximum Gasteiger partial charge on any atom is 0.145 e. The maximum atomic E-state index is 10.1. The number of aromatic amines is 1. The van der Waals surface area contributed by atoms with Crippen LogP contribution in [0.25, 0.3) is 0 Å². The Morgan fingerprint density at radius 3 is 2.64 bits per heavy atom. The number of nitrogens with zero attached hydrogens (tertiary/aromatic N) is 1. The van der Waals surface area contributed by atoms with Crippen LogP contribution in [0.3, 0.4) is 0 Å². The van der Waals surface area contributed by atoms with E-state index in [1.165, 1.54) is 0 Å². The van der Waals surface area contributed by atoms with E-state index in [-0.39, 0.29) is 0 Å². The lowest BCUT2D eigenvalue weighted by Crippen LogP contribution is -2.24. The van der Waals surface area contributed by atoms with Gasteiger partial charge < -0.3 is 15.6 Å². The molecule has 1 aromatic heterocycles. The number of nitrogen functional groups attached to an aromatic ring is 1. The van der Waals surface area contributed by atoms with E-state index in [0.29, 0.717) is 23.4 Å². The van der Waals surface area contributed by atoms with Crippen molar-refractivity contribution in [2.45, 2.75) is 58.5 Å². The van der Waals surface area contributed by atoms with Crippen molar-refractivity contribution >= 4 is 5.82 Å². The molecule has 0 saturated heterocycles. The molecule has 2 unspecified atom stereocenters. The van der Waals surface area contributed by atoms with Crippen molar-refractivity contribution in [1.82, 2.24) is 10.2 Å². The number of nitrogens with one attached hydrogen (secondary N) is 1. The SMILES string of the molecule is CC=C(O/C(=C\C)C(C)(C)O)C1CCC(c2cc(N)n[nH]2)C1. The Labute approximate surface area is 132 Å². The van der Waals surface area contributed by atoms with Gasteiger partial charge in [-0.15, -0.1) is 0 Å². The van der Waals surface area contributed by atoms with Crippen LogP contribution in [-0.2, 0) is 4.74 Å². The minimum absolute atomic E-state index is 0.358. The van der Waals surface area contributed by atoms with Gasteiger partial charge in [-0.2, -0.15) is 5.10 Å². The summed E-state index contributed by atoms with van der Waals surface area (Å²) >= 11 is 0. The van der Waals surface area contributed by atoms with Gasteiger partial charge in [0.15, 0.2) is 0 Å². The predicted octanol–water partition coefficient (Wildman–Crippen LogP) is 3.47. The average Bonchev–Trinajstić information content (AvgIpc) is 3.07. The number of hydrogen-bond donors (Lipinski definition) is 3. The molecule has 2 atom stereocenters. The average molecular weight is 305 g/mol. The van der Waals surface area contributed by atoms with Crippen molar-refractivity contribution in [3.8, 4) is 0 Å². The Kier molecular flexibility index (Phi) is 4.96. The van der Waals surface area contributed by atoms with Gasteiger partial charge in [-0.3, -0.25) is 5.10 Å². The van der Waals surface area contributed by atoms with Crippen molar-refractivity contribution in [3.63, 3.8) is 0 Å². The second kappa shape index (κ2) is 6.57. The quantitative estimate of drug-likeness (QED) is 0.727. The predicted molar refractivity (Wildman–Crippen MR) is 88.0 cm³/mol. The lowest BCUT2D eigenvalue weighted by molar-refractivity contribution is 0.0525. The normalized spacial score (nSPS) is 23.9. The molecule has 22 heavy (non-hydrogen) atoms. The number of H-pyrrole nitrogens is 1. The molecule has 5 heteroatoms. The summed E-state index contributed by atoms with van der Waals surface area (Å²) in [6.07, 6.45) is 6.98. The lowest BCUT2D eigenvalue weighted by Gasteiger charge is -2.25. The molecule has 1 aliphatic rings. The van der Waals surface area contributed by atoms with Gasteiger partial charge in [0.2, 0.25) is 0 Å². The third-order valence-corrected chi connectivity index (χ3v) is 4.27. The first-order valence-electron chi connectivity index (χ1n) is 7.89. The second-order valence-corrected chi connectivity index (χ2v) is 6.46. The topological polar surface area (TPSA) is 84.2 Å². The van der Waals surface area contributed by atoms with E-state index in [1.54, 1.807) is 13.8 Å². The van der Waals surface area contributed by atoms with Crippen LogP contribution in [-0.4, -0.2) is 20.9 Å². The van der Waals surface area contributed by atoms with Crippen molar-refractivity contribution in [3.05, 3.63) is 35.4 Å². The fraction of sp³-hybridized carbons (Fsp3) is 0.588. The number of rotatable bonds is 5. The summed E-state index contributed by atoms with van der Waals surface area (Å²) in [6, 6.07) is 1.91. The number of hydrogen-bond acceptors (Lipinski definition) is 4. The van der Waals surface area contributed by atoms with E-state index >= 15 is 0 Å². The first-order valence-corrected chi connectivity index (χ1v) is 7.89. The van der Waals surface area contributed by atoms with Crippen LogP contribution < -0.4 is 5.73 Å². The van der Waals surface area contributed by atoms with Gasteiger partial charge in [0.25, 0.3) is 0 Å². The van der Waals surface area contributed by atoms with Gasteiger partial charge in [0.1, 0.15) is 22.9 Å². The van der Waals surface area contributed by atoms with E-state index in [2.05, 4.69) is 10.2 Å². The Morgan fingerprint density at radius 2 is 2.14 bits per heavy atom. The molecule has 1 saturated carbocycles. The van der Waals surface area contributed by atoms with Crippen molar-refractivity contribution in [1.29, 1.82) is 0 Å². The molecular formula is C17H27N3O2. The molecular weight excluding hydrogens is 278 g/mol. The van der Waals surface area contributed by atoms with E-state index in [1.807, 2.05) is 32.1 Å². The molecule has 0 spiro atoms. The largest absolute Gasteiger partial charge is 0.463 e. The van der Waals surface area contributed by atoms with Crippen LogP contribution in [0.4, 0.5) is 5.82 Å². The Morgan fingerprint density at radius 1 is 1.41 bits per heavy atom. The smallest absolute Gasteiger partial charge is 0.145 e. The summed E-state index contributed by atoms with van der Waals surface area (Å²) in [5.41, 5.74) is 5.81. The molecule has 1 fully saturated rings. The summed E-state index contributed by atoms with van der Waals surface area (Å²) in [5.74, 6) is 2.86. The Balaban J connectivity index is 2.05. The van der Waals surface area contributed by atoms with Gasteiger partial charge in [-0.25, -0.2) is 0 Å². The number of ether oxygens (including phenoxy) is 1. The highest BCUT2D eigenvalue weighted by Gasteiger charge is 2.32. The number of anilines is 1. The molecule has 122 valence electrons. The summed E-state index contributed by atoms with van der Waals surface area (Å²) in [6.45, 7) is 7.33. The zero-order valence-electron chi connectivity index (χ0n) is 13.9. The minimum Gasteiger partial charge on any atom is -0.463 e. The molecule has 0 aliphatic heterocycles. The molecule has 2 rings (SSSR count). The number of nitrogens with two attached hydrogens (primary N) is 1. The highest BCUT2D eigenvalue weighted by Crippen LogP contribution is 2.42. The van der Waals surface area contributed by atoms with E-state index in [9.17, 15) is 5.11 Å². The van der Waals surface area contributed by atoms with E-state index < -0.39 is 5.60 Å². The molecule has 0 aromatic carbocycles. The van der Waals surface area contributed by atoms with E-state index in [4.69, 9.17) is 10.5 Å². The first kappa shape index (κ1) is 16.6. The third kappa shape index (κ3) is 3.71. The highest BCUT2D eigenvalue weighted by molar-refractivity contribution is 5.31. The molecule has 0 bridgehead atoms. The standard InChI is InChI=1S/C17H27N3O2/c1-5-14(22-15(6-2)17(3,4)21)12-8-7-11(9-12)13-10-16(18)20-19-13/h5-6,10-12,21H,7-9H2,1-4H3,(H3,18,19,20)/b14-5?,15-6-. The molecule has 1 aliphatic carbocycles. The number of aromatic nitrogens is 2. The van der Waals surface area contributed by atoms with Gasteiger partial charge in [-0.05, 0) is 59.1 Å². The lowest BCUT2D eigenvalue weighted by atomic mass is 10.00. The number of aliphatic hydroxyl groups is 1. The molecule has 1 heterocycles. The first-order chi connectivity index (χ1) is 10.3. The van der Waals surface area contributed by atoms with Gasteiger partial charge in [0.05, 0.1) is 0 Å². The molecule has 0 amide bonds.